The minimum Gasteiger partial charge on any atom is -0.330 e. The van der Waals surface area contributed by atoms with Crippen molar-refractivity contribution in [2.45, 2.75) is 51.5 Å². The van der Waals surface area contributed by atoms with Gasteiger partial charge in [0.2, 0.25) is 0 Å². The molecule has 0 spiro atoms. The maximum absolute atomic E-state index is 5.84. The second-order valence-electron chi connectivity index (χ2n) is 5.46. The molecule has 15 heavy (non-hydrogen) atoms. The van der Waals surface area contributed by atoms with Crippen molar-refractivity contribution in [1.29, 1.82) is 0 Å². The smallest absolute Gasteiger partial charge is 0.00991 e. The van der Waals surface area contributed by atoms with Gasteiger partial charge in [-0.1, -0.05) is 26.2 Å². The summed E-state index contributed by atoms with van der Waals surface area (Å²) in [6.07, 6.45) is 8.35. The minimum absolute atomic E-state index is 0.796. The van der Waals surface area contributed by atoms with Gasteiger partial charge in [0.05, 0.1) is 0 Å². The van der Waals surface area contributed by atoms with Crippen LogP contribution in [0.4, 0.5) is 0 Å². The van der Waals surface area contributed by atoms with Gasteiger partial charge in [-0.3, -0.25) is 0 Å². The molecular weight excluding hydrogens is 184 g/mol. The van der Waals surface area contributed by atoms with Crippen molar-refractivity contribution in [1.82, 2.24) is 5.32 Å². The van der Waals surface area contributed by atoms with Crippen molar-refractivity contribution >= 4 is 0 Å². The third-order valence-corrected chi connectivity index (χ3v) is 4.46. The Morgan fingerprint density at radius 3 is 2.47 bits per heavy atom. The van der Waals surface area contributed by atoms with Gasteiger partial charge in [-0.2, -0.15) is 0 Å². The van der Waals surface area contributed by atoms with E-state index in [-0.39, 0.29) is 0 Å². The van der Waals surface area contributed by atoms with E-state index in [1.54, 1.807) is 0 Å². The van der Waals surface area contributed by atoms with Gasteiger partial charge in [0, 0.05) is 6.04 Å². The molecule has 0 aromatic carbocycles. The van der Waals surface area contributed by atoms with Crippen LogP contribution in [0.15, 0.2) is 0 Å². The van der Waals surface area contributed by atoms with Gasteiger partial charge in [0.25, 0.3) is 0 Å². The summed E-state index contributed by atoms with van der Waals surface area (Å²) in [7, 11) is 0. The van der Waals surface area contributed by atoms with Crippen LogP contribution in [-0.4, -0.2) is 19.1 Å². The highest BCUT2D eigenvalue weighted by Gasteiger charge is 2.35. The van der Waals surface area contributed by atoms with Crippen LogP contribution in [-0.2, 0) is 0 Å². The van der Waals surface area contributed by atoms with Crippen molar-refractivity contribution in [3.8, 4) is 0 Å². The van der Waals surface area contributed by atoms with E-state index < -0.39 is 0 Å². The Balaban J connectivity index is 1.68. The molecule has 88 valence electrons. The van der Waals surface area contributed by atoms with Crippen LogP contribution in [0, 0.1) is 17.8 Å². The molecule has 2 aliphatic rings. The normalized spacial score (nSPS) is 40.4. The third-order valence-electron chi connectivity index (χ3n) is 4.46. The second-order valence-corrected chi connectivity index (χ2v) is 5.46. The molecule has 0 bridgehead atoms. The molecule has 0 radical (unpaired) electrons. The van der Waals surface area contributed by atoms with Crippen molar-refractivity contribution in [2.75, 3.05) is 13.1 Å². The Morgan fingerprint density at radius 2 is 1.87 bits per heavy atom. The molecule has 0 aromatic heterocycles. The van der Waals surface area contributed by atoms with E-state index in [2.05, 4.69) is 12.2 Å². The molecule has 0 aromatic rings. The molecule has 2 heteroatoms. The van der Waals surface area contributed by atoms with Gasteiger partial charge in [-0.15, -0.1) is 0 Å². The lowest BCUT2D eigenvalue weighted by molar-refractivity contribution is 0.234. The SMILES string of the molecule is CCC1CC1NCC1CCCCC1CN. The Labute approximate surface area is 94.0 Å². The predicted molar refractivity (Wildman–Crippen MR) is 64.7 cm³/mol. The number of hydrogen-bond acceptors (Lipinski definition) is 2. The molecule has 2 nitrogen and oxygen atoms in total. The molecule has 0 amide bonds. The lowest BCUT2D eigenvalue weighted by Crippen LogP contribution is -2.35. The van der Waals surface area contributed by atoms with Crippen LogP contribution in [0.2, 0.25) is 0 Å². The molecule has 0 saturated heterocycles. The molecule has 0 heterocycles. The highest BCUT2D eigenvalue weighted by Crippen LogP contribution is 2.34. The zero-order valence-electron chi connectivity index (χ0n) is 10.0. The van der Waals surface area contributed by atoms with Gasteiger partial charge < -0.3 is 11.1 Å². The quantitative estimate of drug-likeness (QED) is 0.729. The van der Waals surface area contributed by atoms with Gasteiger partial charge in [-0.05, 0) is 50.1 Å². The summed E-state index contributed by atoms with van der Waals surface area (Å²) in [4.78, 5) is 0. The summed E-state index contributed by atoms with van der Waals surface area (Å²) in [5.41, 5.74) is 5.84. The molecule has 0 aliphatic heterocycles. The first-order valence-corrected chi connectivity index (χ1v) is 6.78. The van der Waals surface area contributed by atoms with Gasteiger partial charge in [0.15, 0.2) is 0 Å². The van der Waals surface area contributed by atoms with Crippen molar-refractivity contribution < 1.29 is 0 Å². The Hall–Kier alpha value is -0.0800. The van der Waals surface area contributed by atoms with Gasteiger partial charge >= 0.3 is 0 Å². The summed E-state index contributed by atoms with van der Waals surface area (Å²) in [5, 5.41) is 3.74. The fourth-order valence-electron chi connectivity index (χ4n) is 3.12. The average Bonchev–Trinajstić information content (AvgIpc) is 3.05. The van der Waals surface area contributed by atoms with Crippen LogP contribution in [0.25, 0.3) is 0 Å². The number of nitrogens with two attached hydrogens (primary N) is 1. The zero-order chi connectivity index (χ0) is 10.7. The third kappa shape index (κ3) is 2.94. The molecular formula is C13H26N2. The second kappa shape index (κ2) is 5.31. The number of nitrogens with one attached hydrogen (secondary N) is 1. The van der Waals surface area contributed by atoms with Crippen LogP contribution < -0.4 is 11.1 Å². The van der Waals surface area contributed by atoms with Crippen LogP contribution in [0.5, 0.6) is 0 Å². The monoisotopic (exact) mass is 210 g/mol. The van der Waals surface area contributed by atoms with E-state index in [1.807, 2.05) is 0 Å². The Kier molecular flexibility index (Phi) is 4.04. The van der Waals surface area contributed by atoms with E-state index >= 15 is 0 Å². The van der Waals surface area contributed by atoms with E-state index in [0.717, 1.165) is 30.3 Å². The van der Waals surface area contributed by atoms with Gasteiger partial charge in [0.1, 0.15) is 0 Å². The van der Waals surface area contributed by atoms with E-state index in [4.69, 9.17) is 5.73 Å². The van der Waals surface area contributed by atoms with Crippen LogP contribution in [0.1, 0.15) is 45.4 Å². The van der Waals surface area contributed by atoms with E-state index in [0.29, 0.717) is 0 Å². The van der Waals surface area contributed by atoms with E-state index in [9.17, 15) is 0 Å². The maximum Gasteiger partial charge on any atom is 0.00991 e. The maximum atomic E-state index is 5.84. The van der Waals surface area contributed by atoms with Crippen LogP contribution in [0.3, 0.4) is 0 Å². The largest absolute Gasteiger partial charge is 0.330 e. The van der Waals surface area contributed by atoms with Crippen molar-refractivity contribution in [3.05, 3.63) is 0 Å². The van der Waals surface area contributed by atoms with E-state index in [1.165, 1.54) is 45.1 Å². The fraction of sp³-hybridized carbons (Fsp3) is 1.00. The molecule has 2 aliphatic carbocycles. The molecule has 4 atom stereocenters. The molecule has 3 N–H and O–H groups in total. The lowest BCUT2D eigenvalue weighted by atomic mass is 9.79. The summed E-state index contributed by atoms with van der Waals surface area (Å²) < 4.78 is 0. The number of rotatable bonds is 5. The molecule has 4 unspecified atom stereocenters. The van der Waals surface area contributed by atoms with Gasteiger partial charge in [-0.25, -0.2) is 0 Å². The first-order valence-electron chi connectivity index (χ1n) is 6.78. The summed E-state index contributed by atoms with van der Waals surface area (Å²) in [6.45, 7) is 4.42. The summed E-state index contributed by atoms with van der Waals surface area (Å²) >= 11 is 0. The highest BCUT2D eigenvalue weighted by atomic mass is 15.0. The summed E-state index contributed by atoms with van der Waals surface area (Å²) in [5.74, 6) is 2.64. The molecule has 2 saturated carbocycles. The lowest BCUT2D eigenvalue weighted by Gasteiger charge is -2.30. The summed E-state index contributed by atoms with van der Waals surface area (Å²) in [6, 6.07) is 0.843. The van der Waals surface area contributed by atoms with Crippen molar-refractivity contribution in [2.24, 2.45) is 23.5 Å². The molecule has 2 fully saturated rings. The highest BCUT2D eigenvalue weighted by molar-refractivity contribution is 4.93. The predicted octanol–water partition coefficient (Wildman–Crippen LogP) is 2.14. The first kappa shape index (κ1) is 11.4. The van der Waals surface area contributed by atoms with Crippen molar-refractivity contribution in [3.63, 3.8) is 0 Å². The number of hydrogen-bond donors (Lipinski definition) is 2. The average molecular weight is 210 g/mol. The topological polar surface area (TPSA) is 38.0 Å². The standard InChI is InChI=1S/C13H26N2/c1-2-10-7-13(10)15-9-12-6-4-3-5-11(12)8-14/h10-13,15H,2-9,14H2,1H3. The fourth-order valence-corrected chi connectivity index (χ4v) is 3.12. The Bertz CT molecular complexity index is 193. The first-order chi connectivity index (χ1) is 7.35. The Morgan fingerprint density at radius 1 is 1.13 bits per heavy atom. The zero-order valence-corrected chi connectivity index (χ0v) is 10.0. The van der Waals surface area contributed by atoms with Crippen LogP contribution >= 0.6 is 0 Å². The minimum atomic E-state index is 0.796. The molecule has 2 rings (SSSR count).